The molecule has 1 saturated heterocycles. The van der Waals surface area contributed by atoms with Crippen molar-refractivity contribution in [1.82, 2.24) is 0 Å². The van der Waals surface area contributed by atoms with Gasteiger partial charge in [0.1, 0.15) is 0 Å². The summed E-state index contributed by atoms with van der Waals surface area (Å²) in [7, 11) is 0. The molecule has 0 aromatic rings. The fourth-order valence-electron chi connectivity index (χ4n) is 1.47. The number of fused-ring (bicyclic) bond motifs is 1. The number of hydrogen-bond acceptors (Lipinski definition) is 1. The number of hydrogen-bond donors (Lipinski definition) is 0. The van der Waals surface area contributed by atoms with Crippen LogP contribution in [0.2, 0.25) is 0 Å². The lowest BCUT2D eigenvalue weighted by Crippen LogP contribution is -2.14. The van der Waals surface area contributed by atoms with Gasteiger partial charge in [-0.15, -0.1) is 0 Å². The molecule has 0 amide bonds. The summed E-state index contributed by atoms with van der Waals surface area (Å²) in [5.74, 6) is 0. The second-order valence-electron chi connectivity index (χ2n) is 2.98. The summed E-state index contributed by atoms with van der Waals surface area (Å²) in [5, 5.41) is 0. The Kier molecular flexibility index (Phi) is 0.762. The molecule has 0 N–H and O–H groups in total. The van der Waals surface area contributed by atoms with E-state index in [1.54, 1.807) is 0 Å². The maximum absolute atomic E-state index is 5.43. The number of ether oxygens (including phenoxy) is 1. The molecule has 0 aromatic heterocycles. The van der Waals surface area contributed by atoms with Crippen LogP contribution in [0.4, 0.5) is 0 Å². The van der Waals surface area contributed by atoms with Crippen LogP contribution in [0, 0.1) is 6.42 Å². The van der Waals surface area contributed by atoms with E-state index in [1.807, 2.05) is 0 Å². The Hall–Kier alpha value is -0.0400. The van der Waals surface area contributed by atoms with Crippen molar-refractivity contribution < 1.29 is 4.74 Å². The average molecular weight is 111 g/mol. The molecule has 1 saturated carbocycles. The molecular formula is C7H11O. The molecule has 2 aliphatic rings. The van der Waals surface area contributed by atoms with Gasteiger partial charge >= 0.3 is 0 Å². The zero-order valence-corrected chi connectivity index (χ0v) is 5.18. The molecule has 2 atom stereocenters. The molecule has 45 valence electrons. The first kappa shape index (κ1) is 4.80. The smallest absolute Gasteiger partial charge is 0.0920 e. The van der Waals surface area contributed by atoms with Gasteiger partial charge in [0.2, 0.25) is 0 Å². The zero-order chi connectivity index (χ0) is 5.61. The van der Waals surface area contributed by atoms with Crippen LogP contribution in [0.3, 0.4) is 0 Å². The van der Waals surface area contributed by atoms with E-state index in [1.165, 1.54) is 19.3 Å². The van der Waals surface area contributed by atoms with E-state index in [0.29, 0.717) is 11.7 Å². The maximum atomic E-state index is 5.43. The van der Waals surface area contributed by atoms with Gasteiger partial charge in [-0.05, 0) is 32.6 Å². The second kappa shape index (κ2) is 1.27. The Morgan fingerprint density at radius 3 is 3.12 bits per heavy atom. The molecule has 0 aromatic carbocycles. The summed E-state index contributed by atoms with van der Waals surface area (Å²) < 4.78 is 5.43. The van der Waals surface area contributed by atoms with Crippen molar-refractivity contribution >= 4 is 0 Å². The predicted octanol–water partition coefficient (Wildman–Crippen LogP) is 1.53. The van der Waals surface area contributed by atoms with Gasteiger partial charge in [0.15, 0.2) is 0 Å². The molecule has 2 unspecified atom stereocenters. The first-order valence-corrected chi connectivity index (χ1v) is 3.31. The van der Waals surface area contributed by atoms with Crippen LogP contribution in [0.1, 0.15) is 26.2 Å². The third kappa shape index (κ3) is 0.510. The molecular weight excluding hydrogens is 100 g/mol. The molecule has 1 aliphatic carbocycles. The minimum absolute atomic E-state index is 0.314. The SMILES string of the molecule is CC12CC[CH]CC1O2. The second-order valence-corrected chi connectivity index (χ2v) is 2.98. The van der Waals surface area contributed by atoms with Crippen molar-refractivity contribution in [1.29, 1.82) is 0 Å². The predicted molar refractivity (Wildman–Crippen MR) is 31.4 cm³/mol. The minimum atomic E-state index is 0.314. The maximum Gasteiger partial charge on any atom is 0.0920 e. The summed E-state index contributed by atoms with van der Waals surface area (Å²) in [5.41, 5.74) is 0.314. The Labute approximate surface area is 50.0 Å². The monoisotopic (exact) mass is 111 g/mol. The Morgan fingerprint density at radius 1 is 1.75 bits per heavy atom. The molecule has 1 heterocycles. The van der Waals surface area contributed by atoms with Crippen molar-refractivity contribution in [3.05, 3.63) is 6.42 Å². The Balaban J connectivity index is 2.04. The molecule has 1 nitrogen and oxygen atoms in total. The van der Waals surface area contributed by atoms with Crippen LogP contribution in [0.25, 0.3) is 0 Å². The normalized spacial score (nSPS) is 52.9. The van der Waals surface area contributed by atoms with Gasteiger partial charge in [-0.3, -0.25) is 0 Å². The highest BCUT2D eigenvalue weighted by molar-refractivity contribution is 5.05. The van der Waals surface area contributed by atoms with E-state index in [0.717, 1.165) is 0 Å². The molecule has 1 aliphatic heterocycles. The van der Waals surface area contributed by atoms with E-state index in [4.69, 9.17) is 4.74 Å². The van der Waals surface area contributed by atoms with Crippen molar-refractivity contribution in [3.8, 4) is 0 Å². The standard InChI is InChI=1S/C7H11O/c1-7-5-3-2-4-6(7)8-7/h2,6H,3-5H2,1H3. The fraction of sp³-hybridized carbons (Fsp3) is 0.857. The van der Waals surface area contributed by atoms with E-state index in [-0.39, 0.29) is 0 Å². The first-order valence-electron chi connectivity index (χ1n) is 3.31. The van der Waals surface area contributed by atoms with Crippen molar-refractivity contribution in [2.45, 2.75) is 37.9 Å². The Morgan fingerprint density at radius 2 is 2.62 bits per heavy atom. The van der Waals surface area contributed by atoms with Crippen LogP contribution in [0.15, 0.2) is 0 Å². The van der Waals surface area contributed by atoms with Gasteiger partial charge in [0, 0.05) is 0 Å². The summed E-state index contributed by atoms with van der Waals surface area (Å²) in [6.07, 6.45) is 6.62. The van der Waals surface area contributed by atoms with E-state index >= 15 is 0 Å². The molecule has 0 spiro atoms. The largest absolute Gasteiger partial charge is 0.366 e. The number of epoxide rings is 1. The van der Waals surface area contributed by atoms with E-state index in [9.17, 15) is 0 Å². The van der Waals surface area contributed by atoms with Crippen LogP contribution in [-0.2, 0) is 4.74 Å². The number of rotatable bonds is 0. The quantitative estimate of drug-likeness (QED) is 0.432. The highest BCUT2D eigenvalue weighted by atomic mass is 16.6. The minimum Gasteiger partial charge on any atom is -0.366 e. The average Bonchev–Trinajstić information content (AvgIpc) is 2.39. The first-order chi connectivity index (χ1) is 3.81. The summed E-state index contributed by atoms with van der Waals surface area (Å²) in [4.78, 5) is 0. The third-order valence-corrected chi connectivity index (χ3v) is 2.26. The summed E-state index contributed by atoms with van der Waals surface area (Å²) in [6.45, 7) is 2.21. The topological polar surface area (TPSA) is 12.5 Å². The van der Waals surface area contributed by atoms with E-state index in [2.05, 4.69) is 13.3 Å². The highest BCUT2D eigenvalue weighted by Crippen LogP contribution is 2.46. The molecule has 2 fully saturated rings. The molecule has 2 rings (SSSR count). The summed E-state index contributed by atoms with van der Waals surface area (Å²) >= 11 is 0. The molecule has 1 heteroatoms. The third-order valence-electron chi connectivity index (χ3n) is 2.26. The van der Waals surface area contributed by atoms with Gasteiger partial charge in [-0.1, -0.05) is 0 Å². The highest BCUT2D eigenvalue weighted by Gasteiger charge is 2.52. The van der Waals surface area contributed by atoms with Crippen molar-refractivity contribution in [2.75, 3.05) is 0 Å². The molecule has 0 bridgehead atoms. The lowest BCUT2D eigenvalue weighted by molar-refractivity contribution is 0.305. The Bertz CT molecular complexity index is 109. The van der Waals surface area contributed by atoms with Gasteiger partial charge in [0.25, 0.3) is 0 Å². The van der Waals surface area contributed by atoms with Crippen molar-refractivity contribution in [2.24, 2.45) is 0 Å². The summed E-state index contributed by atoms with van der Waals surface area (Å²) in [6, 6.07) is 0. The van der Waals surface area contributed by atoms with Crippen LogP contribution in [-0.4, -0.2) is 11.7 Å². The lowest BCUT2D eigenvalue weighted by atomic mass is 9.91. The van der Waals surface area contributed by atoms with Crippen LogP contribution in [0.5, 0.6) is 0 Å². The molecule has 1 radical (unpaired) electrons. The van der Waals surface area contributed by atoms with Gasteiger partial charge in [-0.25, -0.2) is 0 Å². The lowest BCUT2D eigenvalue weighted by Gasteiger charge is -2.09. The van der Waals surface area contributed by atoms with Crippen LogP contribution < -0.4 is 0 Å². The van der Waals surface area contributed by atoms with Crippen LogP contribution >= 0.6 is 0 Å². The van der Waals surface area contributed by atoms with Crippen molar-refractivity contribution in [3.63, 3.8) is 0 Å². The van der Waals surface area contributed by atoms with Gasteiger partial charge in [-0.2, -0.15) is 0 Å². The van der Waals surface area contributed by atoms with Gasteiger partial charge < -0.3 is 4.74 Å². The van der Waals surface area contributed by atoms with E-state index < -0.39 is 0 Å². The van der Waals surface area contributed by atoms with Gasteiger partial charge in [0.05, 0.1) is 11.7 Å². The molecule has 8 heavy (non-hydrogen) atoms. The fourth-order valence-corrected chi connectivity index (χ4v) is 1.47. The zero-order valence-electron chi connectivity index (χ0n) is 5.18.